The van der Waals surface area contributed by atoms with E-state index in [1.165, 1.54) is 13.2 Å². The van der Waals surface area contributed by atoms with Gasteiger partial charge in [0.2, 0.25) is 6.41 Å². The van der Waals surface area contributed by atoms with E-state index in [0.29, 0.717) is 25.7 Å². The second-order valence-electron chi connectivity index (χ2n) is 9.76. The normalized spacial score (nSPS) is 9.35. The van der Waals surface area contributed by atoms with Crippen LogP contribution in [0.3, 0.4) is 0 Å². The number of rotatable bonds is 26. The molecule has 0 rings (SSSR count). The minimum Gasteiger partial charge on any atom is -0.467 e. The van der Waals surface area contributed by atoms with E-state index in [-0.39, 0.29) is 78.8 Å². The molecular formula is C35H57NO15. The third-order valence-electron chi connectivity index (χ3n) is 4.99. The fourth-order valence-corrected chi connectivity index (χ4v) is 2.91. The summed E-state index contributed by atoms with van der Waals surface area (Å²) in [6, 6.07) is 0. The third-order valence-corrected chi connectivity index (χ3v) is 4.99. The first-order valence-corrected chi connectivity index (χ1v) is 15.3. The van der Waals surface area contributed by atoms with E-state index in [9.17, 15) is 28.8 Å². The molecule has 0 atom stereocenters. The molecule has 0 fully saturated rings. The minimum absolute atomic E-state index is 0.0126. The summed E-state index contributed by atoms with van der Waals surface area (Å²) in [6.45, 7) is 21.0. The molecule has 51 heavy (non-hydrogen) atoms. The van der Waals surface area contributed by atoms with Gasteiger partial charge in [-0.1, -0.05) is 38.8 Å². The maximum atomic E-state index is 11.9. The fraction of sp³-hybridized carbons (Fsp3) is 0.514. The summed E-state index contributed by atoms with van der Waals surface area (Å²) in [5.41, 5.74) is -2.38. The highest BCUT2D eigenvalue weighted by Gasteiger charge is 2.39. The number of ether oxygens (including phenoxy) is 7. The van der Waals surface area contributed by atoms with Crippen LogP contribution in [0.4, 0.5) is 0 Å². The number of methoxy groups -OCH3 is 1. The molecule has 0 unspecified atom stereocenters. The van der Waals surface area contributed by atoms with Crippen LogP contribution in [-0.2, 0) is 66.7 Å². The predicted molar refractivity (Wildman–Crippen MR) is 189 cm³/mol. The summed E-state index contributed by atoms with van der Waals surface area (Å²) >= 11 is 0. The molecule has 0 radical (unpaired) electrons. The van der Waals surface area contributed by atoms with Crippen molar-refractivity contribution in [1.82, 2.24) is 5.32 Å². The maximum absolute atomic E-state index is 11.9. The molecule has 0 aliphatic heterocycles. The van der Waals surface area contributed by atoms with E-state index in [1.807, 2.05) is 13.8 Å². The maximum Gasteiger partial charge on any atom is 0.330 e. The van der Waals surface area contributed by atoms with E-state index in [4.69, 9.17) is 43.1 Å². The molecule has 0 aliphatic rings. The van der Waals surface area contributed by atoms with Gasteiger partial charge < -0.3 is 43.6 Å². The van der Waals surface area contributed by atoms with E-state index in [2.05, 4.69) is 38.2 Å². The molecular weight excluding hydrogens is 674 g/mol. The van der Waals surface area contributed by atoms with Crippen LogP contribution < -0.4 is 5.32 Å². The van der Waals surface area contributed by atoms with E-state index >= 15 is 0 Å². The summed E-state index contributed by atoms with van der Waals surface area (Å²) in [5.74, 6) is -1.91. The van der Waals surface area contributed by atoms with Gasteiger partial charge in [0.15, 0.2) is 0 Å². The van der Waals surface area contributed by atoms with Crippen LogP contribution >= 0.6 is 0 Å². The number of amides is 1. The van der Waals surface area contributed by atoms with Crippen LogP contribution in [0.1, 0.15) is 33.6 Å². The van der Waals surface area contributed by atoms with E-state index in [0.717, 1.165) is 12.2 Å². The Balaban J connectivity index is -0.000000365. The zero-order valence-electron chi connectivity index (χ0n) is 30.4. The van der Waals surface area contributed by atoms with Crippen molar-refractivity contribution in [1.29, 1.82) is 0 Å². The first-order chi connectivity index (χ1) is 24.4. The Labute approximate surface area is 301 Å². The van der Waals surface area contributed by atoms with Gasteiger partial charge in [0.25, 0.3) is 12.9 Å². The predicted octanol–water partition coefficient (Wildman–Crippen LogP) is 2.25. The van der Waals surface area contributed by atoms with Crippen LogP contribution in [0, 0.1) is 10.8 Å². The molecule has 0 saturated carbocycles. The molecule has 16 heteroatoms. The van der Waals surface area contributed by atoms with Crippen LogP contribution in [0.15, 0.2) is 63.3 Å². The summed E-state index contributed by atoms with van der Waals surface area (Å²) in [5, 5.41) is 10.2. The Bertz CT molecular complexity index is 934. The van der Waals surface area contributed by atoms with Crippen molar-refractivity contribution in [2.45, 2.75) is 33.6 Å². The Morgan fingerprint density at radius 2 is 1.12 bits per heavy atom. The van der Waals surface area contributed by atoms with Crippen molar-refractivity contribution in [3.05, 3.63) is 63.3 Å². The number of allylic oxidation sites excluding steroid dienone is 3. The highest BCUT2D eigenvalue weighted by Crippen LogP contribution is 2.25. The van der Waals surface area contributed by atoms with Gasteiger partial charge in [0.05, 0.1) is 37.3 Å². The lowest BCUT2D eigenvalue weighted by atomic mass is 9.90. The van der Waals surface area contributed by atoms with Crippen LogP contribution in [0.25, 0.3) is 0 Å². The van der Waals surface area contributed by atoms with Crippen molar-refractivity contribution in [2.75, 3.05) is 73.1 Å². The van der Waals surface area contributed by atoms with Crippen molar-refractivity contribution < 1.29 is 71.8 Å². The second-order valence-corrected chi connectivity index (χ2v) is 9.76. The van der Waals surface area contributed by atoms with Gasteiger partial charge in [0, 0.05) is 32.2 Å². The Morgan fingerprint density at radius 1 is 0.706 bits per heavy atom. The highest BCUT2D eigenvalue weighted by atomic mass is 16.6. The van der Waals surface area contributed by atoms with Crippen LogP contribution in [0.2, 0.25) is 0 Å². The smallest absolute Gasteiger partial charge is 0.330 e. The topological polar surface area (TPSA) is 216 Å². The average Bonchev–Trinajstić information content (AvgIpc) is 3.13. The lowest BCUT2D eigenvalue weighted by Crippen LogP contribution is -2.46. The average molecular weight is 732 g/mol. The molecule has 2 N–H and O–H groups in total. The molecule has 0 heterocycles. The number of aliphatic hydroxyl groups is 1. The summed E-state index contributed by atoms with van der Waals surface area (Å²) < 4.78 is 36.4. The molecule has 0 bridgehead atoms. The number of nitrogens with one attached hydrogen (secondary N) is 1. The molecule has 16 nitrogen and oxygen atoms in total. The summed E-state index contributed by atoms with van der Waals surface area (Å²) in [6.07, 6.45) is 8.55. The van der Waals surface area contributed by atoms with Gasteiger partial charge in [-0.3, -0.25) is 24.0 Å². The van der Waals surface area contributed by atoms with Crippen molar-refractivity contribution in [3.8, 4) is 0 Å². The van der Waals surface area contributed by atoms with Gasteiger partial charge in [-0.05, 0) is 26.3 Å². The van der Waals surface area contributed by atoms with Crippen LogP contribution in [-0.4, -0.2) is 122 Å². The molecule has 0 aromatic heterocycles. The fourth-order valence-electron chi connectivity index (χ4n) is 2.91. The zero-order valence-corrected chi connectivity index (χ0v) is 30.4. The van der Waals surface area contributed by atoms with Gasteiger partial charge in [-0.25, -0.2) is 9.59 Å². The van der Waals surface area contributed by atoms with Gasteiger partial charge >= 0.3 is 17.9 Å². The highest BCUT2D eigenvalue weighted by molar-refractivity contribution is 5.81. The quantitative estimate of drug-likeness (QED) is 0.0326. The lowest BCUT2D eigenvalue weighted by molar-refractivity contribution is -0.166. The molecule has 0 aromatic rings. The second kappa shape index (κ2) is 43.1. The number of carbonyl (C=O) groups excluding carboxylic acids is 7. The first-order valence-electron chi connectivity index (χ1n) is 15.3. The van der Waals surface area contributed by atoms with E-state index < -0.39 is 28.7 Å². The summed E-state index contributed by atoms with van der Waals surface area (Å²) in [7, 11) is 1.40. The van der Waals surface area contributed by atoms with Gasteiger partial charge in [0.1, 0.15) is 39.3 Å². The number of hydrogen-bond donors (Lipinski definition) is 2. The number of carbonyl (C=O) groups is 7. The third kappa shape index (κ3) is 39.4. The summed E-state index contributed by atoms with van der Waals surface area (Å²) in [4.78, 5) is 75.2. The lowest BCUT2D eigenvalue weighted by Gasteiger charge is -2.35. The molecule has 0 saturated heterocycles. The van der Waals surface area contributed by atoms with Gasteiger partial charge in [-0.15, -0.1) is 13.2 Å². The minimum atomic E-state index is -1.24. The van der Waals surface area contributed by atoms with Gasteiger partial charge in [-0.2, -0.15) is 0 Å². The van der Waals surface area contributed by atoms with Crippen LogP contribution in [0.5, 0.6) is 0 Å². The number of hydrogen-bond acceptors (Lipinski definition) is 15. The first kappa shape index (κ1) is 55.5. The number of esters is 3. The largest absolute Gasteiger partial charge is 0.467 e. The standard InChI is InChI=1S/C23H34O12.C3H7NO2.C3H4O.2C3H6/c1-5-8-21(28)35-16-23(12-31-17-24,13-32-18-25)11-30-10-22(9-29-4,14-33-19(26)6-2)15-34-20(27)7-3;5-2-1-4-3-6;1-2-3-4;2*1-3-2/h6-7,17-18H,2-3,5,8-16H2,1,4H3;3,5H,1-2H2,(H,4,6);2-3H,1H2;2*3H,1H2,2H3. The van der Waals surface area contributed by atoms with Crippen molar-refractivity contribution >= 4 is 43.5 Å². The Kier molecular flexibility index (Phi) is 46.9. The molecule has 292 valence electrons. The number of aliphatic hydroxyl groups excluding tert-OH is 1. The molecule has 1 amide bonds. The van der Waals surface area contributed by atoms with E-state index in [1.54, 1.807) is 19.1 Å². The molecule has 0 spiro atoms. The van der Waals surface area contributed by atoms with Crippen molar-refractivity contribution in [3.63, 3.8) is 0 Å². The SMILES string of the molecule is C=CC.C=CC.C=CC(=O)OCC(COC)(COCC(COC=O)(COC=O)COC(=O)CCC)COC(=O)C=C.C=CC=O.O=CNCCO. The van der Waals surface area contributed by atoms with Crippen molar-refractivity contribution in [2.24, 2.45) is 10.8 Å². The number of aldehydes is 1. The Morgan fingerprint density at radius 3 is 1.41 bits per heavy atom. The molecule has 0 aromatic carbocycles. The molecule has 0 aliphatic carbocycles. The Hall–Kier alpha value is -4.93. The monoisotopic (exact) mass is 731 g/mol. The zero-order chi connectivity index (χ0) is 40.2.